The highest BCUT2D eigenvalue weighted by molar-refractivity contribution is 5.76. The molecule has 4 saturated carbocycles. The number of allylic oxidation sites excluding steroid dienone is 2. The molecule has 0 unspecified atom stereocenters. The van der Waals surface area contributed by atoms with E-state index >= 15 is 0 Å². The molecule has 208 valence electrons. The van der Waals surface area contributed by atoms with Crippen LogP contribution < -0.4 is 0 Å². The summed E-state index contributed by atoms with van der Waals surface area (Å²) >= 11 is 0. The maximum atomic E-state index is 12.8. The molecule has 0 saturated heterocycles. The molecule has 0 aromatic carbocycles. The van der Waals surface area contributed by atoms with E-state index in [1.807, 2.05) is 0 Å². The zero-order chi connectivity index (χ0) is 27.2. The van der Waals surface area contributed by atoms with Gasteiger partial charge in [-0.25, -0.2) is 0 Å². The lowest BCUT2D eigenvalue weighted by atomic mass is 9.33. The van der Waals surface area contributed by atoms with E-state index in [1.165, 1.54) is 12.5 Å². The van der Waals surface area contributed by atoms with E-state index in [9.17, 15) is 19.8 Å². The number of hydrogen-bond acceptors (Lipinski definition) is 4. The van der Waals surface area contributed by atoms with Gasteiger partial charge in [-0.3, -0.25) is 9.59 Å². The molecule has 9 atom stereocenters. The number of carbonyl (C=O) groups is 2. The van der Waals surface area contributed by atoms with Crippen molar-refractivity contribution in [2.75, 3.05) is 6.61 Å². The minimum atomic E-state index is -0.686. The number of aliphatic hydroxyl groups excluding tert-OH is 1. The van der Waals surface area contributed by atoms with Gasteiger partial charge in [-0.05, 0) is 104 Å². The van der Waals surface area contributed by atoms with E-state index in [-0.39, 0.29) is 51.7 Å². The zero-order valence-electron chi connectivity index (χ0n) is 24.3. The molecular formula is C32H50O5. The Kier molecular flexibility index (Phi) is 6.12. The quantitative estimate of drug-likeness (QED) is 0.320. The van der Waals surface area contributed by atoms with Gasteiger partial charge in [0.25, 0.3) is 0 Å². The summed E-state index contributed by atoms with van der Waals surface area (Å²) < 4.78 is 5.86. The Hall–Kier alpha value is -1.36. The fraction of sp³-hybridized carbons (Fsp3) is 0.875. The molecular weight excluding hydrogens is 464 g/mol. The highest BCUT2D eigenvalue weighted by atomic mass is 16.5. The van der Waals surface area contributed by atoms with Crippen LogP contribution >= 0.6 is 0 Å². The number of carboxylic acids is 1. The maximum absolute atomic E-state index is 12.8. The van der Waals surface area contributed by atoms with Crippen LogP contribution in [0, 0.1) is 50.2 Å². The first-order valence-corrected chi connectivity index (χ1v) is 14.8. The van der Waals surface area contributed by atoms with Gasteiger partial charge in [0, 0.05) is 18.9 Å². The van der Waals surface area contributed by atoms with Crippen LogP contribution in [0.4, 0.5) is 0 Å². The molecule has 5 nitrogen and oxygen atoms in total. The first kappa shape index (κ1) is 27.2. The Morgan fingerprint density at radius 3 is 2.24 bits per heavy atom. The van der Waals surface area contributed by atoms with Gasteiger partial charge in [-0.1, -0.05) is 53.2 Å². The third-order valence-corrected chi connectivity index (χ3v) is 13.6. The monoisotopic (exact) mass is 514 g/mol. The lowest BCUT2D eigenvalue weighted by Gasteiger charge is -2.71. The van der Waals surface area contributed by atoms with Crippen molar-refractivity contribution in [3.05, 3.63) is 11.6 Å². The van der Waals surface area contributed by atoms with Crippen LogP contribution in [0.25, 0.3) is 0 Å². The van der Waals surface area contributed by atoms with Crippen LogP contribution in [-0.4, -0.2) is 34.9 Å². The standard InChI is InChI=1S/C32H50O5/c1-20(34)37-25-11-12-29(5)23(27(25,2)3)10-13-31(7)24(29)9-8-21-22-18-28(4,19-33)14-16-32(22,26(35)36)17-15-30(21,31)6/h8,22-25,33H,9-19H2,1-7H3,(H,35,36)/t22-,23-,24+,25-,28+,29-,30+,31+,32-/m0/s1. The van der Waals surface area contributed by atoms with Crippen molar-refractivity contribution in [2.45, 2.75) is 119 Å². The molecule has 4 fully saturated rings. The summed E-state index contributed by atoms with van der Waals surface area (Å²) in [5, 5.41) is 20.8. The molecule has 5 rings (SSSR count). The number of carboxylic acid groups (broad SMARTS) is 1. The second kappa shape index (κ2) is 8.32. The molecule has 0 heterocycles. The highest BCUT2D eigenvalue weighted by Crippen LogP contribution is 2.75. The smallest absolute Gasteiger partial charge is 0.310 e. The maximum Gasteiger partial charge on any atom is 0.310 e. The van der Waals surface area contributed by atoms with E-state index in [2.05, 4.69) is 47.6 Å². The Balaban J connectivity index is 1.55. The van der Waals surface area contributed by atoms with Gasteiger partial charge in [0.15, 0.2) is 0 Å². The van der Waals surface area contributed by atoms with Crippen LogP contribution in [0.1, 0.15) is 113 Å². The molecule has 5 aliphatic rings. The number of hydrogen-bond donors (Lipinski definition) is 2. The van der Waals surface area contributed by atoms with Crippen molar-refractivity contribution < 1.29 is 24.5 Å². The second-order valence-corrected chi connectivity index (χ2v) is 15.4. The van der Waals surface area contributed by atoms with Gasteiger partial charge in [0.1, 0.15) is 6.10 Å². The number of carbonyl (C=O) groups excluding carboxylic acids is 1. The van der Waals surface area contributed by atoms with Crippen molar-refractivity contribution in [2.24, 2.45) is 50.2 Å². The summed E-state index contributed by atoms with van der Waals surface area (Å²) in [6, 6.07) is 0. The lowest BCUT2D eigenvalue weighted by molar-refractivity contribution is -0.213. The van der Waals surface area contributed by atoms with Crippen molar-refractivity contribution in [1.29, 1.82) is 0 Å². The average molecular weight is 515 g/mol. The molecule has 5 heteroatoms. The second-order valence-electron chi connectivity index (χ2n) is 15.4. The topological polar surface area (TPSA) is 83.8 Å². The third kappa shape index (κ3) is 3.50. The van der Waals surface area contributed by atoms with Crippen LogP contribution in [-0.2, 0) is 14.3 Å². The van der Waals surface area contributed by atoms with Crippen LogP contribution in [0.15, 0.2) is 11.6 Å². The SMILES string of the molecule is CC(=O)O[C@H]1CC[C@]2(C)[C@H]3CC=C4[C@@H]5C[C@](C)(CO)CC[C@]5(C(=O)O)CC[C@@]4(C)[C@]3(C)CC[C@H]2C1(C)C. The summed E-state index contributed by atoms with van der Waals surface area (Å²) in [6.07, 6.45) is 11.6. The molecule has 0 aromatic rings. The summed E-state index contributed by atoms with van der Waals surface area (Å²) in [5.74, 6) is 0.216. The number of ether oxygens (including phenoxy) is 1. The Labute approximate surface area is 223 Å². The molecule has 0 radical (unpaired) electrons. The molecule has 2 N–H and O–H groups in total. The average Bonchev–Trinajstić information content (AvgIpc) is 2.81. The van der Waals surface area contributed by atoms with Crippen LogP contribution in [0.3, 0.4) is 0 Å². The third-order valence-electron chi connectivity index (χ3n) is 13.6. The van der Waals surface area contributed by atoms with E-state index in [0.29, 0.717) is 18.3 Å². The van der Waals surface area contributed by atoms with Gasteiger partial charge in [0.05, 0.1) is 5.41 Å². The fourth-order valence-corrected chi connectivity index (χ4v) is 11.1. The van der Waals surface area contributed by atoms with Crippen molar-refractivity contribution >= 4 is 11.9 Å². The summed E-state index contributed by atoms with van der Waals surface area (Å²) in [5.41, 5.74) is 0.669. The highest BCUT2D eigenvalue weighted by Gasteiger charge is 2.69. The predicted octanol–water partition coefficient (Wildman–Crippen LogP) is 6.78. The molecule has 0 aromatic heterocycles. The van der Waals surface area contributed by atoms with Crippen molar-refractivity contribution in [3.63, 3.8) is 0 Å². The summed E-state index contributed by atoms with van der Waals surface area (Å²) in [6.45, 7) is 15.9. The molecule has 37 heavy (non-hydrogen) atoms. The lowest BCUT2D eigenvalue weighted by Crippen LogP contribution is -2.65. The van der Waals surface area contributed by atoms with Crippen LogP contribution in [0.5, 0.6) is 0 Å². The van der Waals surface area contributed by atoms with Gasteiger partial charge < -0.3 is 14.9 Å². The number of aliphatic carboxylic acids is 1. The van der Waals surface area contributed by atoms with Gasteiger partial charge >= 0.3 is 11.9 Å². The molecule has 0 bridgehead atoms. The van der Waals surface area contributed by atoms with E-state index in [4.69, 9.17) is 4.74 Å². The van der Waals surface area contributed by atoms with E-state index < -0.39 is 11.4 Å². The number of rotatable bonds is 3. The molecule has 0 spiro atoms. The summed E-state index contributed by atoms with van der Waals surface area (Å²) in [7, 11) is 0. The first-order chi connectivity index (χ1) is 17.1. The predicted molar refractivity (Wildman–Crippen MR) is 144 cm³/mol. The largest absolute Gasteiger partial charge is 0.481 e. The summed E-state index contributed by atoms with van der Waals surface area (Å²) in [4.78, 5) is 24.7. The van der Waals surface area contributed by atoms with E-state index in [1.54, 1.807) is 0 Å². The number of aliphatic hydroxyl groups is 1. The van der Waals surface area contributed by atoms with Gasteiger partial charge in [-0.2, -0.15) is 0 Å². The minimum Gasteiger partial charge on any atom is -0.481 e. The Morgan fingerprint density at radius 1 is 0.946 bits per heavy atom. The van der Waals surface area contributed by atoms with Crippen molar-refractivity contribution in [1.82, 2.24) is 0 Å². The Bertz CT molecular complexity index is 1010. The van der Waals surface area contributed by atoms with E-state index in [0.717, 1.165) is 57.8 Å². The Morgan fingerprint density at radius 2 is 1.62 bits per heavy atom. The number of fused-ring (bicyclic) bond motifs is 7. The zero-order valence-corrected chi connectivity index (χ0v) is 24.3. The van der Waals surface area contributed by atoms with Crippen molar-refractivity contribution in [3.8, 4) is 0 Å². The first-order valence-electron chi connectivity index (χ1n) is 14.8. The minimum absolute atomic E-state index is 0.00842. The fourth-order valence-electron chi connectivity index (χ4n) is 11.1. The molecule has 5 aliphatic carbocycles. The van der Waals surface area contributed by atoms with Gasteiger partial charge in [0.2, 0.25) is 0 Å². The molecule has 0 amide bonds. The van der Waals surface area contributed by atoms with Gasteiger partial charge in [-0.15, -0.1) is 0 Å². The molecule has 0 aliphatic heterocycles. The normalized spacial score (nSPS) is 50.4. The number of esters is 1. The van der Waals surface area contributed by atoms with Crippen LogP contribution in [0.2, 0.25) is 0 Å².